The van der Waals surface area contributed by atoms with Crippen LogP contribution in [0.25, 0.3) is 87.3 Å². The minimum atomic E-state index is 0.879. The van der Waals surface area contributed by atoms with E-state index in [0.29, 0.717) is 0 Å². The molecule has 9 aromatic carbocycles. The Morgan fingerprint density at radius 2 is 0.745 bits per heavy atom. The zero-order valence-electron chi connectivity index (χ0n) is 27.5. The second-order valence-corrected chi connectivity index (χ2v) is 13.3. The zero-order chi connectivity index (χ0) is 33.5. The van der Waals surface area contributed by atoms with Crippen LogP contribution in [-0.2, 0) is 0 Å². The van der Waals surface area contributed by atoms with Crippen LogP contribution in [-0.4, -0.2) is 0 Å². The van der Waals surface area contributed by atoms with E-state index < -0.39 is 0 Å². The van der Waals surface area contributed by atoms with Gasteiger partial charge in [-0.3, -0.25) is 0 Å². The second-order valence-electron chi connectivity index (χ2n) is 13.3. The summed E-state index contributed by atoms with van der Waals surface area (Å²) in [5.74, 6) is 0. The monoisotopic (exact) mass is 651 g/mol. The van der Waals surface area contributed by atoms with Gasteiger partial charge in [0.1, 0.15) is 22.3 Å². The average molecular weight is 652 g/mol. The van der Waals surface area contributed by atoms with Crippen LogP contribution in [0, 0.1) is 0 Å². The van der Waals surface area contributed by atoms with Crippen molar-refractivity contribution in [1.82, 2.24) is 0 Å². The van der Waals surface area contributed by atoms with E-state index in [1.54, 1.807) is 0 Å². The van der Waals surface area contributed by atoms with Crippen molar-refractivity contribution in [2.45, 2.75) is 0 Å². The molecule has 3 heteroatoms. The summed E-state index contributed by atoms with van der Waals surface area (Å²) < 4.78 is 12.4. The first-order chi connectivity index (χ1) is 25.2. The smallest absolute Gasteiger partial charge is 0.135 e. The van der Waals surface area contributed by atoms with Gasteiger partial charge < -0.3 is 13.7 Å². The molecular formula is C48H29NO2. The van der Waals surface area contributed by atoms with Crippen molar-refractivity contribution in [3.05, 3.63) is 176 Å². The third kappa shape index (κ3) is 4.38. The lowest BCUT2D eigenvalue weighted by Gasteiger charge is -2.26. The molecular weight excluding hydrogens is 623 g/mol. The van der Waals surface area contributed by atoms with Gasteiger partial charge in [0.05, 0.1) is 0 Å². The Morgan fingerprint density at radius 3 is 1.39 bits per heavy atom. The number of hydrogen-bond donors (Lipinski definition) is 0. The topological polar surface area (TPSA) is 29.5 Å². The molecule has 0 N–H and O–H groups in total. The lowest BCUT2D eigenvalue weighted by Crippen LogP contribution is -2.09. The maximum atomic E-state index is 6.20. The molecule has 0 aliphatic carbocycles. The van der Waals surface area contributed by atoms with Crippen molar-refractivity contribution in [3.8, 4) is 11.1 Å². The molecule has 0 bridgehead atoms. The third-order valence-electron chi connectivity index (χ3n) is 10.4. The molecule has 0 aliphatic heterocycles. The molecule has 3 nitrogen and oxygen atoms in total. The van der Waals surface area contributed by atoms with Gasteiger partial charge in [-0.15, -0.1) is 0 Å². The molecule has 0 fully saturated rings. The van der Waals surface area contributed by atoms with Crippen LogP contribution in [0.15, 0.2) is 185 Å². The SMILES string of the molecule is c1ccc2c(c1)ccc1c3ccc(-c4ccc(N(c5ccc6oc7ccccc7c6c5)c5ccc6oc7ccccc7c6c5)cc4)cc3ccc21. The molecule has 0 saturated heterocycles. The Hall–Kier alpha value is -6.84. The third-order valence-corrected chi connectivity index (χ3v) is 10.4. The summed E-state index contributed by atoms with van der Waals surface area (Å²) in [5, 5.41) is 12.1. The van der Waals surface area contributed by atoms with Crippen LogP contribution in [0.2, 0.25) is 0 Å². The highest BCUT2D eigenvalue weighted by atomic mass is 16.3. The number of rotatable bonds is 4. The van der Waals surface area contributed by atoms with Crippen LogP contribution in [0.5, 0.6) is 0 Å². The summed E-state index contributed by atoms with van der Waals surface area (Å²) in [5.41, 5.74) is 9.08. The first-order valence-corrected chi connectivity index (χ1v) is 17.3. The summed E-state index contributed by atoms with van der Waals surface area (Å²) in [7, 11) is 0. The van der Waals surface area contributed by atoms with E-state index in [9.17, 15) is 0 Å². The Kier molecular flexibility index (Phi) is 5.96. The van der Waals surface area contributed by atoms with Crippen LogP contribution in [0.3, 0.4) is 0 Å². The lowest BCUT2D eigenvalue weighted by molar-refractivity contribution is 0.668. The van der Waals surface area contributed by atoms with Crippen LogP contribution in [0.4, 0.5) is 17.1 Å². The first-order valence-electron chi connectivity index (χ1n) is 17.3. The van der Waals surface area contributed by atoms with Gasteiger partial charge in [0.15, 0.2) is 0 Å². The molecule has 0 radical (unpaired) electrons. The fourth-order valence-electron chi connectivity index (χ4n) is 7.97. The molecule has 238 valence electrons. The van der Waals surface area contributed by atoms with E-state index in [1.807, 2.05) is 24.3 Å². The Labute approximate surface area is 293 Å². The number of benzene rings is 9. The van der Waals surface area contributed by atoms with Gasteiger partial charge >= 0.3 is 0 Å². The normalized spacial score (nSPS) is 11.9. The molecule has 2 heterocycles. The van der Waals surface area contributed by atoms with Gasteiger partial charge in [0, 0.05) is 38.6 Å². The van der Waals surface area contributed by atoms with Gasteiger partial charge in [-0.05, 0) is 110 Å². The van der Waals surface area contributed by atoms with Gasteiger partial charge in [-0.1, -0.05) is 109 Å². The highest BCUT2D eigenvalue weighted by molar-refractivity contribution is 6.17. The molecule has 0 saturated carbocycles. The summed E-state index contributed by atoms with van der Waals surface area (Å²) in [6.45, 7) is 0. The molecule has 0 aliphatic rings. The van der Waals surface area contributed by atoms with Crippen LogP contribution in [0.1, 0.15) is 0 Å². The average Bonchev–Trinajstić information content (AvgIpc) is 3.76. The molecule has 11 rings (SSSR count). The summed E-state index contributed by atoms with van der Waals surface area (Å²) in [6, 6.07) is 62.8. The van der Waals surface area contributed by atoms with Gasteiger partial charge in [-0.25, -0.2) is 0 Å². The highest BCUT2D eigenvalue weighted by Gasteiger charge is 2.18. The largest absolute Gasteiger partial charge is 0.456 e. The molecule has 0 amide bonds. The quantitative estimate of drug-likeness (QED) is 0.177. The molecule has 0 atom stereocenters. The summed E-state index contributed by atoms with van der Waals surface area (Å²) >= 11 is 0. The standard InChI is InChI=1S/C48H29NO2/c1-2-8-37-31(7-1)15-23-40-38-22-16-32(27-33(38)17-24-39(37)40)30-13-18-34(19-14-30)49(35-20-25-47-43(28-35)41-9-3-5-11-45(41)50-47)36-21-26-48-44(29-36)42-10-4-6-12-46(42)51-48/h1-29H. The first kappa shape index (κ1) is 28.0. The van der Waals surface area contributed by atoms with Gasteiger partial charge in [-0.2, -0.15) is 0 Å². The van der Waals surface area contributed by atoms with Crippen molar-refractivity contribution in [2.24, 2.45) is 0 Å². The number of para-hydroxylation sites is 2. The Morgan fingerprint density at radius 1 is 0.275 bits per heavy atom. The predicted molar refractivity (Wildman–Crippen MR) is 214 cm³/mol. The van der Waals surface area contributed by atoms with Crippen molar-refractivity contribution >= 4 is 93.3 Å². The minimum absolute atomic E-state index is 0.879. The van der Waals surface area contributed by atoms with Crippen molar-refractivity contribution < 1.29 is 8.83 Å². The maximum Gasteiger partial charge on any atom is 0.135 e. The molecule has 2 aromatic heterocycles. The van der Waals surface area contributed by atoms with Crippen LogP contribution < -0.4 is 4.90 Å². The number of anilines is 3. The van der Waals surface area contributed by atoms with E-state index in [0.717, 1.165) is 60.9 Å². The second kappa shape index (κ2) is 10.8. The highest BCUT2D eigenvalue weighted by Crippen LogP contribution is 2.42. The number of fused-ring (bicyclic) bond motifs is 11. The molecule has 0 spiro atoms. The Balaban J connectivity index is 1.04. The number of furan rings is 2. The fourth-order valence-corrected chi connectivity index (χ4v) is 7.97. The molecule has 11 aromatic rings. The van der Waals surface area contributed by atoms with E-state index >= 15 is 0 Å². The van der Waals surface area contributed by atoms with E-state index in [1.165, 1.54) is 43.4 Å². The van der Waals surface area contributed by atoms with E-state index in [4.69, 9.17) is 8.83 Å². The fraction of sp³-hybridized carbons (Fsp3) is 0. The summed E-state index contributed by atoms with van der Waals surface area (Å²) in [6.07, 6.45) is 0. The van der Waals surface area contributed by atoms with E-state index in [-0.39, 0.29) is 0 Å². The van der Waals surface area contributed by atoms with Gasteiger partial charge in [0.25, 0.3) is 0 Å². The maximum absolute atomic E-state index is 6.20. The predicted octanol–water partition coefficient (Wildman–Crippen LogP) is 14.1. The number of nitrogens with zero attached hydrogens (tertiary/aromatic N) is 1. The van der Waals surface area contributed by atoms with Crippen molar-refractivity contribution in [1.29, 1.82) is 0 Å². The number of hydrogen-bond acceptors (Lipinski definition) is 3. The van der Waals surface area contributed by atoms with Crippen molar-refractivity contribution in [3.63, 3.8) is 0 Å². The minimum Gasteiger partial charge on any atom is -0.456 e. The van der Waals surface area contributed by atoms with Crippen molar-refractivity contribution in [2.75, 3.05) is 4.90 Å². The molecule has 0 unspecified atom stereocenters. The summed E-state index contributed by atoms with van der Waals surface area (Å²) in [4.78, 5) is 2.32. The van der Waals surface area contributed by atoms with E-state index in [2.05, 4.69) is 157 Å². The van der Waals surface area contributed by atoms with Gasteiger partial charge in [0.2, 0.25) is 0 Å². The van der Waals surface area contributed by atoms with Crippen LogP contribution >= 0.6 is 0 Å². The zero-order valence-corrected chi connectivity index (χ0v) is 27.5. The lowest BCUT2D eigenvalue weighted by atomic mass is 9.95. The Bertz CT molecular complexity index is 3030. The molecule has 51 heavy (non-hydrogen) atoms.